The summed E-state index contributed by atoms with van der Waals surface area (Å²) in [7, 11) is -1.91. The summed E-state index contributed by atoms with van der Waals surface area (Å²) in [5.41, 5.74) is 4.23. The van der Waals surface area contributed by atoms with Crippen LogP contribution in [-0.2, 0) is 0 Å². The second-order valence-electron chi connectivity index (χ2n) is 8.60. The second kappa shape index (κ2) is 9.67. The summed E-state index contributed by atoms with van der Waals surface area (Å²) < 4.78 is 2.44. The lowest BCUT2D eigenvalue weighted by Gasteiger charge is -2.41. The van der Waals surface area contributed by atoms with Gasteiger partial charge in [0.05, 0.1) is 5.69 Å². The fourth-order valence-corrected chi connectivity index (χ4v) is 5.41. The zero-order chi connectivity index (χ0) is 22.4. The SMILES string of the molecule is C[Si](C)(C)N(C(=Nc1ccccc1)N(c1ccccc1)c1ccccc1)c1ccccc1. The van der Waals surface area contributed by atoms with Crippen LogP contribution in [0.15, 0.2) is 126 Å². The van der Waals surface area contributed by atoms with Crippen LogP contribution in [0.1, 0.15) is 0 Å². The van der Waals surface area contributed by atoms with E-state index in [1.165, 1.54) is 0 Å². The predicted molar refractivity (Wildman–Crippen MR) is 141 cm³/mol. The third-order valence-corrected chi connectivity index (χ3v) is 6.90. The minimum atomic E-state index is -1.91. The van der Waals surface area contributed by atoms with Crippen molar-refractivity contribution in [1.82, 2.24) is 0 Å². The van der Waals surface area contributed by atoms with Crippen LogP contribution in [0.4, 0.5) is 22.7 Å². The molecule has 4 aromatic rings. The molecule has 0 amide bonds. The summed E-state index contributed by atoms with van der Waals surface area (Å²) in [6.45, 7) is 7.07. The van der Waals surface area contributed by atoms with E-state index in [9.17, 15) is 0 Å². The van der Waals surface area contributed by atoms with E-state index in [2.05, 4.69) is 120 Å². The van der Waals surface area contributed by atoms with E-state index in [0.29, 0.717) is 0 Å². The topological polar surface area (TPSA) is 18.8 Å². The summed E-state index contributed by atoms with van der Waals surface area (Å²) in [5.74, 6) is 0.902. The molecule has 0 atom stereocenters. The van der Waals surface area contributed by atoms with Crippen LogP contribution in [0.3, 0.4) is 0 Å². The highest BCUT2D eigenvalue weighted by Crippen LogP contribution is 2.32. The second-order valence-corrected chi connectivity index (χ2v) is 13.4. The third-order valence-electron chi connectivity index (χ3n) is 5.10. The monoisotopic (exact) mass is 435 g/mol. The fraction of sp³-hybridized carbons (Fsp3) is 0.107. The molecule has 160 valence electrons. The minimum absolute atomic E-state index is 0.902. The van der Waals surface area contributed by atoms with Crippen LogP contribution in [0.25, 0.3) is 0 Å². The van der Waals surface area contributed by atoms with Gasteiger partial charge in [0.15, 0.2) is 8.24 Å². The number of hydrogen-bond donors (Lipinski definition) is 0. The Kier molecular flexibility index (Phi) is 6.52. The van der Waals surface area contributed by atoms with Gasteiger partial charge < -0.3 is 4.57 Å². The number of benzene rings is 4. The Morgan fingerprint density at radius 3 is 1.31 bits per heavy atom. The van der Waals surface area contributed by atoms with Crippen molar-refractivity contribution in [3.05, 3.63) is 121 Å². The smallest absolute Gasteiger partial charge is 0.207 e. The maximum atomic E-state index is 5.26. The Balaban J connectivity index is 2.00. The molecule has 4 rings (SSSR count). The molecule has 0 unspecified atom stereocenters. The Bertz CT molecular complexity index is 1100. The van der Waals surface area contributed by atoms with Gasteiger partial charge in [-0.15, -0.1) is 0 Å². The van der Waals surface area contributed by atoms with Gasteiger partial charge >= 0.3 is 0 Å². The Morgan fingerprint density at radius 1 is 0.531 bits per heavy atom. The van der Waals surface area contributed by atoms with Crippen molar-refractivity contribution in [1.29, 1.82) is 0 Å². The highest BCUT2D eigenvalue weighted by Gasteiger charge is 2.33. The molecule has 0 aromatic heterocycles. The van der Waals surface area contributed by atoms with Crippen molar-refractivity contribution in [2.24, 2.45) is 4.99 Å². The standard InChI is InChI=1S/C28H29N3Si/c1-32(2,3)31(27-22-14-7-15-23-27)28(29-24-16-8-4-9-17-24)30(25-18-10-5-11-19-25)26-20-12-6-13-21-26/h4-23H,1-3H3. The van der Waals surface area contributed by atoms with Crippen LogP contribution in [0, 0.1) is 0 Å². The normalized spacial score (nSPS) is 11.8. The molecule has 0 saturated carbocycles. The Morgan fingerprint density at radius 2 is 0.906 bits per heavy atom. The van der Waals surface area contributed by atoms with Gasteiger partial charge in [-0.2, -0.15) is 0 Å². The number of para-hydroxylation sites is 4. The van der Waals surface area contributed by atoms with Crippen LogP contribution < -0.4 is 9.47 Å². The number of nitrogens with zero attached hydrogens (tertiary/aromatic N) is 3. The summed E-state index contributed by atoms with van der Waals surface area (Å²) in [6.07, 6.45) is 0. The van der Waals surface area contributed by atoms with E-state index in [1.54, 1.807) is 0 Å². The average Bonchev–Trinajstić information content (AvgIpc) is 2.81. The van der Waals surface area contributed by atoms with Crippen molar-refractivity contribution in [2.45, 2.75) is 19.6 Å². The molecule has 32 heavy (non-hydrogen) atoms. The summed E-state index contributed by atoms with van der Waals surface area (Å²) in [4.78, 5) is 7.52. The fourth-order valence-electron chi connectivity index (χ4n) is 3.73. The molecule has 0 bridgehead atoms. The quantitative estimate of drug-likeness (QED) is 0.180. The zero-order valence-electron chi connectivity index (χ0n) is 18.9. The van der Waals surface area contributed by atoms with Gasteiger partial charge in [0, 0.05) is 17.1 Å². The number of hydrogen-bond acceptors (Lipinski definition) is 1. The van der Waals surface area contributed by atoms with E-state index in [0.717, 1.165) is 28.7 Å². The molecule has 3 nitrogen and oxygen atoms in total. The lowest BCUT2D eigenvalue weighted by atomic mass is 10.2. The van der Waals surface area contributed by atoms with E-state index in [-0.39, 0.29) is 0 Å². The number of rotatable bonds is 5. The molecule has 0 heterocycles. The van der Waals surface area contributed by atoms with Crippen molar-refractivity contribution < 1.29 is 0 Å². The van der Waals surface area contributed by atoms with Crippen LogP contribution in [-0.4, -0.2) is 14.2 Å². The molecule has 0 spiro atoms. The first-order valence-electron chi connectivity index (χ1n) is 10.9. The number of guanidine groups is 1. The van der Waals surface area contributed by atoms with E-state index >= 15 is 0 Å². The van der Waals surface area contributed by atoms with Gasteiger partial charge in [-0.3, -0.25) is 4.90 Å². The first kappa shape index (κ1) is 21.6. The molecule has 0 saturated heterocycles. The van der Waals surface area contributed by atoms with Gasteiger partial charge in [-0.25, -0.2) is 4.99 Å². The van der Waals surface area contributed by atoms with Crippen LogP contribution >= 0.6 is 0 Å². The van der Waals surface area contributed by atoms with Crippen LogP contribution in [0.2, 0.25) is 19.6 Å². The highest BCUT2D eigenvalue weighted by atomic mass is 28.3. The van der Waals surface area contributed by atoms with Crippen molar-refractivity contribution in [3.63, 3.8) is 0 Å². The van der Waals surface area contributed by atoms with Gasteiger partial charge in [-0.1, -0.05) is 92.4 Å². The predicted octanol–water partition coefficient (Wildman–Crippen LogP) is 7.85. The van der Waals surface area contributed by atoms with E-state index in [1.807, 2.05) is 30.3 Å². The maximum Gasteiger partial charge on any atom is 0.207 e. The summed E-state index contributed by atoms with van der Waals surface area (Å²) in [6, 6.07) is 41.8. The maximum absolute atomic E-state index is 5.26. The minimum Gasteiger partial charge on any atom is -0.340 e. The largest absolute Gasteiger partial charge is 0.340 e. The zero-order valence-corrected chi connectivity index (χ0v) is 19.9. The molecule has 0 aliphatic heterocycles. The molecule has 0 fully saturated rings. The van der Waals surface area contributed by atoms with Gasteiger partial charge in [0.1, 0.15) is 0 Å². The molecular weight excluding hydrogens is 406 g/mol. The lowest BCUT2D eigenvalue weighted by molar-refractivity contribution is 1.23. The van der Waals surface area contributed by atoms with E-state index < -0.39 is 8.24 Å². The Hall–Kier alpha value is -3.63. The van der Waals surface area contributed by atoms with Gasteiger partial charge in [0.2, 0.25) is 5.96 Å². The van der Waals surface area contributed by atoms with E-state index in [4.69, 9.17) is 4.99 Å². The first-order valence-corrected chi connectivity index (χ1v) is 14.4. The summed E-state index contributed by atoms with van der Waals surface area (Å²) in [5, 5.41) is 0. The number of aliphatic imine (C=N–C) groups is 1. The third kappa shape index (κ3) is 4.98. The number of anilines is 3. The average molecular weight is 436 g/mol. The lowest BCUT2D eigenvalue weighted by Crippen LogP contribution is -2.55. The molecule has 0 N–H and O–H groups in total. The first-order chi connectivity index (χ1) is 15.5. The molecule has 0 radical (unpaired) electrons. The van der Waals surface area contributed by atoms with Crippen LogP contribution in [0.5, 0.6) is 0 Å². The molecular formula is C28H29N3Si. The van der Waals surface area contributed by atoms with Gasteiger partial charge in [0.25, 0.3) is 0 Å². The van der Waals surface area contributed by atoms with Crippen molar-refractivity contribution in [2.75, 3.05) is 9.47 Å². The molecule has 4 aromatic carbocycles. The van der Waals surface area contributed by atoms with Gasteiger partial charge in [-0.05, 0) is 48.5 Å². The highest BCUT2D eigenvalue weighted by molar-refractivity contribution is 6.83. The molecule has 0 aliphatic rings. The molecule has 0 aliphatic carbocycles. The summed E-state index contributed by atoms with van der Waals surface area (Å²) >= 11 is 0. The van der Waals surface area contributed by atoms with Crippen molar-refractivity contribution >= 4 is 36.9 Å². The Labute approximate surface area is 192 Å². The van der Waals surface area contributed by atoms with Crippen molar-refractivity contribution in [3.8, 4) is 0 Å². The molecule has 4 heteroatoms.